The number of carboxylic acids is 1. The van der Waals surface area contributed by atoms with E-state index in [1.807, 2.05) is 0 Å². The summed E-state index contributed by atoms with van der Waals surface area (Å²) in [6.45, 7) is 1.08. The van der Waals surface area contributed by atoms with Crippen molar-refractivity contribution in [2.24, 2.45) is 0 Å². The van der Waals surface area contributed by atoms with Crippen LogP contribution >= 0.6 is 15.8 Å². The van der Waals surface area contributed by atoms with Crippen molar-refractivity contribution in [2.75, 3.05) is 0 Å². The van der Waals surface area contributed by atoms with Gasteiger partial charge in [-0.1, -0.05) is 182 Å². The molecule has 6 aromatic rings. The molecule has 0 aliphatic carbocycles. The molecular formula is C38H34O2P2Pt. The van der Waals surface area contributed by atoms with E-state index in [-0.39, 0.29) is 21.1 Å². The Balaban J connectivity index is 0.000000206. The first-order chi connectivity index (χ1) is 20.6. The summed E-state index contributed by atoms with van der Waals surface area (Å²) in [6.07, 6.45) is 0. The van der Waals surface area contributed by atoms with Crippen LogP contribution in [0.4, 0.5) is 0 Å². The van der Waals surface area contributed by atoms with Crippen LogP contribution in [0.25, 0.3) is 0 Å². The maximum absolute atomic E-state index is 9.00. The minimum absolute atomic E-state index is 0. The molecule has 0 fully saturated rings. The summed E-state index contributed by atoms with van der Waals surface area (Å²) in [5.41, 5.74) is 0. The van der Waals surface area contributed by atoms with Crippen LogP contribution in [-0.4, -0.2) is 11.1 Å². The second-order valence-corrected chi connectivity index (χ2v) is 13.6. The molecule has 0 bridgehead atoms. The van der Waals surface area contributed by atoms with E-state index in [2.05, 4.69) is 182 Å². The van der Waals surface area contributed by atoms with E-state index in [9.17, 15) is 0 Å². The quantitative estimate of drug-likeness (QED) is 0.186. The maximum Gasteiger partial charge on any atom is 0.300 e. The summed E-state index contributed by atoms with van der Waals surface area (Å²) in [5.74, 6) is -0.833. The Morgan fingerprint density at radius 3 is 0.605 bits per heavy atom. The van der Waals surface area contributed by atoms with Crippen molar-refractivity contribution in [2.45, 2.75) is 6.92 Å². The first-order valence-corrected chi connectivity index (χ1v) is 16.4. The minimum atomic E-state index is -0.833. The topological polar surface area (TPSA) is 37.3 Å². The average Bonchev–Trinajstić information content (AvgIpc) is 3.05. The van der Waals surface area contributed by atoms with Crippen LogP contribution in [0, 0.1) is 0 Å². The summed E-state index contributed by atoms with van der Waals surface area (Å²) < 4.78 is 0. The van der Waals surface area contributed by atoms with Crippen molar-refractivity contribution in [3.8, 4) is 0 Å². The molecule has 43 heavy (non-hydrogen) atoms. The molecule has 0 unspecified atom stereocenters. The summed E-state index contributed by atoms with van der Waals surface area (Å²) >= 11 is 0. The van der Waals surface area contributed by atoms with E-state index in [4.69, 9.17) is 9.90 Å². The Hall–Kier alpha value is -3.66. The van der Waals surface area contributed by atoms with Gasteiger partial charge < -0.3 is 5.11 Å². The van der Waals surface area contributed by atoms with Gasteiger partial charge in [-0.25, -0.2) is 0 Å². The van der Waals surface area contributed by atoms with Gasteiger partial charge in [0.2, 0.25) is 0 Å². The van der Waals surface area contributed by atoms with Gasteiger partial charge in [-0.05, 0) is 47.7 Å². The average molecular weight is 780 g/mol. The monoisotopic (exact) mass is 779 g/mol. The minimum Gasteiger partial charge on any atom is -0.481 e. The second-order valence-electron chi connectivity index (χ2n) is 9.20. The van der Waals surface area contributed by atoms with E-state index in [1.54, 1.807) is 0 Å². The Morgan fingerprint density at radius 2 is 0.488 bits per heavy atom. The van der Waals surface area contributed by atoms with Crippen molar-refractivity contribution < 1.29 is 31.0 Å². The molecule has 6 rings (SSSR count). The Morgan fingerprint density at radius 1 is 0.372 bits per heavy atom. The fourth-order valence-electron chi connectivity index (χ4n) is 4.36. The molecule has 0 aliphatic rings. The molecule has 0 aliphatic heterocycles. The summed E-state index contributed by atoms with van der Waals surface area (Å²) in [4.78, 5) is 9.00. The second kappa shape index (κ2) is 18.8. The number of rotatable bonds is 6. The van der Waals surface area contributed by atoms with Gasteiger partial charge in [-0.3, -0.25) is 4.79 Å². The summed E-state index contributed by atoms with van der Waals surface area (Å²) in [6, 6.07) is 64.7. The molecule has 0 aromatic heterocycles. The van der Waals surface area contributed by atoms with Gasteiger partial charge in [0.05, 0.1) is 0 Å². The van der Waals surface area contributed by atoms with Crippen LogP contribution in [0.2, 0.25) is 0 Å². The fourth-order valence-corrected chi connectivity index (χ4v) is 8.97. The first kappa shape index (κ1) is 33.8. The molecule has 2 nitrogen and oxygen atoms in total. The number of benzene rings is 6. The summed E-state index contributed by atoms with van der Waals surface area (Å²) in [7, 11) is -0.892. The number of carboxylic acid groups (broad SMARTS) is 1. The molecule has 6 aromatic carbocycles. The van der Waals surface area contributed by atoms with E-state index in [0.29, 0.717) is 0 Å². The van der Waals surface area contributed by atoms with E-state index in [0.717, 1.165) is 6.92 Å². The predicted molar refractivity (Wildman–Crippen MR) is 184 cm³/mol. The molecule has 0 spiro atoms. The zero-order valence-corrected chi connectivity index (χ0v) is 27.9. The normalized spacial score (nSPS) is 9.93. The molecule has 0 heterocycles. The molecule has 218 valence electrons. The van der Waals surface area contributed by atoms with Gasteiger partial charge in [-0.2, -0.15) is 0 Å². The third-order valence-electron chi connectivity index (χ3n) is 6.09. The molecule has 0 amide bonds. The van der Waals surface area contributed by atoms with Crippen molar-refractivity contribution in [1.82, 2.24) is 0 Å². The Labute approximate surface area is 272 Å². The van der Waals surface area contributed by atoms with E-state index in [1.165, 1.54) is 31.8 Å². The van der Waals surface area contributed by atoms with Crippen LogP contribution < -0.4 is 31.8 Å². The number of carbonyl (C=O) groups is 1. The van der Waals surface area contributed by atoms with E-state index >= 15 is 0 Å². The molecule has 0 radical (unpaired) electrons. The molecule has 5 heteroatoms. The molecule has 1 N–H and O–H groups in total. The van der Waals surface area contributed by atoms with Crippen molar-refractivity contribution >= 4 is 53.6 Å². The van der Waals surface area contributed by atoms with Crippen molar-refractivity contribution in [3.63, 3.8) is 0 Å². The standard InChI is InChI=1S/2C18H15P.C2H4O2.Pt/c2*1-4-10-16(11-5-1)19(17-12-6-2-7-13-17)18-14-8-3-9-15-18;1-2(3)4;/h2*1-15H;1H3,(H,3,4);. The van der Waals surface area contributed by atoms with Gasteiger partial charge in [-0.15, -0.1) is 0 Å². The van der Waals surface area contributed by atoms with Crippen LogP contribution in [-0.2, 0) is 25.9 Å². The smallest absolute Gasteiger partial charge is 0.300 e. The zero-order chi connectivity index (χ0) is 29.4. The number of hydrogen-bond donors (Lipinski definition) is 1. The molecule has 0 saturated heterocycles. The van der Waals surface area contributed by atoms with E-state index < -0.39 is 21.8 Å². The van der Waals surface area contributed by atoms with Crippen molar-refractivity contribution in [3.05, 3.63) is 182 Å². The van der Waals surface area contributed by atoms with Crippen LogP contribution in [0.1, 0.15) is 6.92 Å². The maximum atomic E-state index is 9.00. The molecule has 0 atom stereocenters. The summed E-state index contributed by atoms with van der Waals surface area (Å²) in [5, 5.41) is 15.8. The van der Waals surface area contributed by atoms with Crippen LogP contribution in [0.5, 0.6) is 0 Å². The van der Waals surface area contributed by atoms with Crippen LogP contribution in [0.3, 0.4) is 0 Å². The number of hydrogen-bond acceptors (Lipinski definition) is 1. The van der Waals surface area contributed by atoms with Gasteiger partial charge in [0.25, 0.3) is 5.97 Å². The third kappa shape index (κ3) is 10.8. The third-order valence-corrected chi connectivity index (χ3v) is 11.0. The van der Waals surface area contributed by atoms with Crippen molar-refractivity contribution in [1.29, 1.82) is 0 Å². The SMILES string of the molecule is CC(=O)O.[Pt].c1ccc(P(c2ccccc2)c2ccccc2)cc1.c1ccc(P(c2ccccc2)c2ccccc2)cc1. The Bertz CT molecular complexity index is 1280. The zero-order valence-electron chi connectivity index (χ0n) is 23.9. The fraction of sp³-hybridized carbons (Fsp3) is 0.0263. The van der Waals surface area contributed by atoms with Gasteiger partial charge in [0.1, 0.15) is 0 Å². The van der Waals surface area contributed by atoms with Gasteiger partial charge in [0.15, 0.2) is 0 Å². The van der Waals surface area contributed by atoms with Gasteiger partial charge in [0, 0.05) is 28.0 Å². The molecular weight excluding hydrogens is 745 g/mol. The predicted octanol–water partition coefficient (Wildman–Crippen LogP) is 6.98. The molecule has 0 saturated carbocycles. The van der Waals surface area contributed by atoms with Crippen LogP contribution in [0.15, 0.2) is 182 Å². The Kier molecular flexibility index (Phi) is 14.8. The number of aliphatic carboxylic acids is 1. The van der Waals surface area contributed by atoms with Gasteiger partial charge >= 0.3 is 0 Å². The largest absolute Gasteiger partial charge is 0.481 e. The first-order valence-electron chi connectivity index (χ1n) is 13.7.